The molecule has 1 aromatic carbocycles. The van der Waals surface area contributed by atoms with Crippen molar-refractivity contribution in [3.05, 3.63) is 35.4 Å². The van der Waals surface area contributed by atoms with Crippen molar-refractivity contribution in [2.45, 2.75) is 19.4 Å². The average molecular weight is 308 g/mol. The van der Waals surface area contributed by atoms with Crippen LogP contribution in [0.2, 0.25) is 0 Å². The number of carbonyl (C=O) groups is 2. The highest BCUT2D eigenvalue weighted by atomic mass is 32.2. The number of hydrogen-bond donors (Lipinski definition) is 2. The second-order valence-corrected chi connectivity index (χ2v) is 6.18. The maximum absolute atomic E-state index is 12.1. The van der Waals surface area contributed by atoms with Crippen LogP contribution < -0.4 is 5.32 Å². The van der Waals surface area contributed by atoms with Crippen LogP contribution in [0.3, 0.4) is 0 Å². The van der Waals surface area contributed by atoms with Crippen molar-refractivity contribution >= 4 is 23.8 Å². The second-order valence-electron chi connectivity index (χ2n) is 4.95. The molecule has 0 saturated carbocycles. The fourth-order valence-corrected chi connectivity index (χ4v) is 3.18. The Morgan fingerprint density at radius 1 is 1.19 bits per heavy atom. The quantitative estimate of drug-likeness (QED) is 0.892. The fourth-order valence-electron chi connectivity index (χ4n) is 2.30. The summed E-state index contributed by atoms with van der Waals surface area (Å²) >= 11 is 1.87. The molecule has 1 heterocycles. The Morgan fingerprint density at radius 2 is 1.95 bits per heavy atom. The van der Waals surface area contributed by atoms with Crippen LogP contribution >= 0.6 is 11.8 Å². The number of rotatable bonds is 4. The molecule has 0 spiro atoms. The first kappa shape index (κ1) is 15.7. The Morgan fingerprint density at radius 3 is 2.71 bits per heavy atom. The van der Waals surface area contributed by atoms with Gasteiger partial charge in [-0.15, -0.1) is 0 Å². The van der Waals surface area contributed by atoms with Crippen LogP contribution in [0.25, 0.3) is 0 Å². The third-order valence-corrected chi connectivity index (χ3v) is 4.45. The first-order valence-corrected chi connectivity index (χ1v) is 8.21. The van der Waals surface area contributed by atoms with Gasteiger partial charge < -0.3 is 15.3 Å². The van der Waals surface area contributed by atoms with Gasteiger partial charge in [-0.3, -0.25) is 4.79 Å². The summed E-state index contributed by atoms with van der Waals surface area (Å²) in [6.45, 7) is 1.93. The van der Waals surface area contributed by atoms with Crippen molar-refractivity contribution in [2.24, 2.45) is 0 Å². The number of carboxylic acids is 1. The van der Waals surface area contributed by atoms with E-state index in [2.05, 4.69) is 5.32 Å². The van der Waals surface area contributed by atoms with Crippen molar-refractivity contribution in [1.82, 2.24) is 10.2 Å². The average Bonchev–Trinajstić information content (AvgIpc) is 2.74. The van der Waals surface area contributed by atoms with E-state index in [4.69, 9.17) is 5.11 Å². The molecule has 0 aliphatic carbocycles. The minimum Gasteiger partial charge on any atom is -0.481 e. The van der Waals surface area contributed by atoms with Crippen molar-refractivity contribution in [2.75, 3.05) is 24.6 Å². The van der Waals surface area contributed by atoms with Crippen LogP contribution in [0.15, 0.2) is 24.3 Å². The lowest BCUT2D eigenvalue weighted by Crippen LogP contribution is -2.40. The lowest BCUT2D eigenvalue weighted by Gasteiger charge is -2.21. The molecule has 1 aliphatic heterocycles. The molecule has 2 rings (SSSR count). The number of aliphatic carboxylic acids is 1. The zero-order valence-electron chi connectivity index (χ0n) is 11.9. The van der Waals surface area contributed by atoms with Crippen molar-refractivity contribution in [3.63, 3.8) is 0 Å². The Bertz CT molecular complexity index is 499. The van der Waals surface area contributed by atoms with Crippen LogP contribution in [-0.4, -0.2) is 46.6 Å². The number of hydrogen-bond acceptors (Lipinski definition) is 3. The van der Waals surface area contributed by atoms with E-state index in [0.29, 0.717) is 6.54 Å². The number of benzene rings is 1. The van der Waals surface area contributed by atoms with E-state index in [9.17, 15) is 9.59 Å². The van der Waals surface area contributed by atoms with Gasteiger partial charge in [0.1, 0.15) is 0 Å². The highest BCUT2D eigenvalue weighted by Gasteiger charge is 2.15. The smallest absolute Gasteiger partial charge is 0.317 e. The molecule has 0 atom stereocenters. The Kier molecular flexibility index (Phi) is 5.92. The van der Waals surface area contributed by atoms with Gasteiger partial charge in [-0.2, -0.15) is 11.8 Å². The highest BCUT2D eigenvalue weighted by Crippen LogP contribution is 2.12. The van der Waals surface area contributed by atoms with Crippen LogP contribution in [0.4, 0.5) is 4.79 Å². The molecule has 0 radical (unpaired) electrons. The van der Waals surface area contributed by atoms with Crippen molar-refractivity contribution in [3.8, 4) is 0 Å². The van der Waals surface area contributed by atoms with Crippen LogP contribution in [0, 0.1) is 0 Å². The normalized spacial score (nSPS) is 15.3. The molecule has 2 N–H and O–H groups in total. The van der Waals surface area contributed by atoms with Crippen LogP contribution in [0.1, 0.15) is 17.5 Å². The van der Waals surface area contributed by atoms with Gasteiger partial charge in [0.25, 0.3) is 0 Å². The molecule has 1 fully saturated rings. The fraction of sp³-hybridized carbons (Fsp3) is 0.467. The molecule has 114 valence electrons. The standard InChI is InChI=1S/C15H20N2O3S/c18-14(19)10-12-4-1-2-5-13(12)11-16-15(20)17-6-3-8-21-9-7-17/h1-2,4-5H,3,6-11H2,(H,16,20)(H,18,19). The molecule has 0 bridgehead atoms. The second kappa shape index (κ2) is 7.93. The van der Waals surface area contributed by atoms with E-state index in [0.717, 1.165) is 42.1 Å². The highest BCUT2D eigenvalue weighted by molar-refractivity contribution is 7.99. The SMILES string of the molecule is O=C(O)Cc1ccccc1CNC(=O)N1CCCSCC1. The molecule has 0 aromatic heterocycles. The number of urea groups is 1. The van der Waals surface area contributed by atoms with E-state index in [1.165, 1.54) is 0 Å². The van der Waals surface area contributed by atoms with Crippen molar-refractivity contribution in [1.29, 1.82) is 0 Å². The van der Waals surface area contributed by atoms with Crippen LogP contribution in [0.5, 0.6) is 0 Å². The van der Waals surface area contributed by atoms with E-state index >= 15 is 0 Å². The van der Waals surface area contributed by atoms with Gasteiger partial charge in [0.2, 0.25) is 0 Å². The van der Waals surface area contributed by atoms with E-state index < -0.39 is 5.97 Å². The zero-order chi connectivity index (χ0) is 15.1. The first-order chi connectivity index (χ1) is 10.2. The van der Waals surface area contributed by atoms with E-state index in [-0.39, 0.29) is 12.5 Å². The topological polar surface area (TPSA) is 69.6 Å². The summed E-state index contributed by atoms with van der Waals surface area (Å²) in [5.74, 6) is 1.21. The van der Waals surface area contributed by atoms with Gasteiger partial charge in [0, 0.05) is 25.4 Å². The minimum absolute atomic E-state index is 0.0214. The molecule has 2 amide bonds. The molecule has 5 nitrogen and oxygen atoms in total. The Labute approximate surface area is 128 Å². The van der Waals surface area contributed by atoms with Gasteiger partial charge in [-0.1, -0.05) is 24.3 Å². The maximum Gasteiger partial charge on any atom is 0.317 e. The Balaban J connectivity index is 1.92. The van der Waals surface area contributed by atoms with Gasteiger partial charge in [0.05, 0.1) is 6.42 Å². The zero-order valence-corrected chi connectivity index (χ0v) is 12.7. The van der Waals surface area contributed by atoms with E-state index in [1.54, 1.807) is 6.07 Å². The molecule has 1 aliphatic rings. The number of amides is 2. The summed E-state index contributed by atoms with van der Waals surface area (Å²) in [6, 6.07) is 7.25. The summed E-state index contributed by atoms with van der Waals surface area (Å²) in [5, 5.41) is 11.8. The summed E-state index contributed by atoms with van der Waals surface area (Å²) in [7, 11) is 0. The third kappa shape index (κ3) is 4.97. The third-order valence-electron chi connectivity index (χ3n) is 3.40. The largest absolute Gasteiger partial charge is 0.481 e. The number of thioether (sulfide) groups is 1. The van der Waals surface area contributed by atoms with Gasteiger partial charge in [-0.25, -0.2) is 4.79 Å². The summed E-state index contributed by atoms with van der Waals surface area (Å²) < 4.78 is 0. The van der Waals surface area contributed by atoms with Gasteiger partial charge in [0.15, 0.2) is 0 Å². The lowest BCUT2D eigenvalue weighted by molar-refractivity contribution is -0.136. The monoisotopic (exact) mass is 308 g/mol. The number of carbonyl (C=O) groups excluding carboxylic acids is 1. The van der Waals surface area contributed by atoms with Gasteiger partial charge >= 0.3 is 12.0 Å². The molecule has 21 heavy (non-hydrogen) atoms. The van der Waals surface area contributed by atoms with Gasteiger partial charge in [-0.05, 0) is 23.3 Å². The first-order valence-electron chi connectivity index (χ1n) is 7.06. The number of carboxylic acid groups (broad SMARTS) is 1. The molecular formula is C15H20N2O3S. The molecular weight excluding hydrogens is 288 g/mol. The number of nitrogens with zero attached hydrogens (tertiary/aromatic N) is 1. The molecule has 6 heteroatoms. The van der Waals surface area contributed by atoms with Crippen LogP contribution in [-0.2, 0) is 17.8 Å². The summed E-state index contributed by atoms with van der Waals surface area (Å²) in [6.07, 6.45) is 1.00. The summed E-state index contributed by atoms with van der Waals surface area (Å²) in [4.78, 5) is 24.8. The molecule has 1 saturated heterocycles. The number of nitrogens with one attached hydrogen (secondary N) is 1. The summed E-state index contributed by atoms with van der Waals surface area (Å²) in [5.41, 5.74) is 1.61. The van der Waals surface area contributed by atoms with E-state index in [1.807, 2.05) is 34.9 Å². The molecule has 1 aromatic rings. The Hall–Kier alpha value is -1.69. The maximum atomic E-state index is 12.1. The van der Waals surface area contributed by atoms with Crippen molar-refractivity contribution < 1.29 is 14.7 Å². The predicted molar refractivity (Wildman–Crippen MR) is 83.5 cm³/mol. The molecule has 0 unspecified atom stereocenters. The lowest BCUT2D eigenvalue weighted by atomic mass is 10.0. The predicted octanol–water partition coefficient (Wildman–Crippen LogP) is 1.96. The minimum atomic E-state index is -0.863.